The van der Waals surface area contributed by atoms with Gasteiger partial charge >= 0.3 is 0 Å². The Kier molecular flexibility index (Phi) is 5.02. The molecular weight excluding hydrogens is 330 g/mol. The van der Waals surface area contributed by atoms with Crippen LogP contribution >= 0.6 is 0 Å². The molecule has 1 amide bonds. The maximum Gasteiger partial charge on any atom is 0.272 e. The zero-order valence-electron chi connectivity index (χ0n) is 15.1. The molecule has 26 heavy (non-hydrogen) atoms. The van der Waals surface area contributed by atoms with Crippen LogP contribution in [0.15, 0.2) is 47.3 Å². The summed E-state index contributed by atoms with van der Waals surface area (Å²) >= 11 is 0. The zero-order chi connectivity index (χ0) is 18.7. The van der Waals surface area contributed by atoms with Gasteiger partial charge < -0.3 is 14.6 Å². The molecule has 0 bridgehead atoms. The quantitative estimate of drug-likeness (QED) is 0.765. The number of fused-ring (bicyclic) bond motifs is 1. The average molecular weight is 351 g/mol. The second kappa shape index (κ2) is 7.39. The van der Waals surface area contributed by atoms with Crippen molar-refractivity contribution < 1.29 is 9.53 Å². The first-order chi connectivity index (χ1) is 12.5. The van der Waals surface area contributed by atoms with Gasteiger partial charge in [0.25, 0.3) is 11.5 Å². The van der Waals surface area contributed by atoms with Crippen LogP contribution in [0.25, 0.3) is 11.0 Å². The third-order valence-electron chi connectivity index (χ3n) is 4.11. The van der Waals surface area contributed by atoms with E-state index in [9.17, 15) is 9.59 Å². The number of carbonyl (C=O) groups is 1. The number of nitrogens with one attached hydrogen (secondary N) is 1. The van der Waals surface area contributed by atoms with Gasteiger partial charge in [-0.25, -0.2) is 4.98 Å². The van der Waals surface area contributed by atoms with E-state index in [1.807, 2.05) is 26.0 Å². The van der Waals surface area contributed by atoms with Gasteiger partial charge in [-0.2, -0.15) is 0 Å². The van der Waals surface area contributed by atoms with Crippen molar-refractivity contribution in [3.8, 4) is 5.75 Å². The van der Waals surface area contributed by atoms with Crippen LogP contribution in [0, 0.1) is 6.92 Å². The highest BCUT2D eigenvalue weighted by atomic mass is 16.5. The Labute approximate surface area is 151 Å². The highest BCUT2D eigenvalue weighted by Gasteiger charge is 2.11. The molecule has 0 atom stereocenters. The van der Waals surface area contributed by atoms with Gasteiger partial charge in [-0.3, -0.25) is 9.59 Å². The number of hydrogen-bond acceptors (Lipinski definition) is 4. The van der Waals surface area contributed by atoms with Gasteiger partial charge in [0.15, 0.2) is 0 Å². The van der Waals surface area contributed by atoms with Crippen LogP contribution in [0.5, 0.6) is 5.75 Å². The molecule has 0 saturated heterocycles. The summed E-state index contributed by atoms with van der Waals surface area (Å²) < 4.78 is 7.05. The molecule has 0 unspecified atom stereocenters. The lowest BCUT2D eigenvalue weighted by molar-refractivity contribution is 0.102. The van der Waals surface area contributed by atoms with Gasteiger partial charge in [-0.15, -0.1) is 0 Å². The summed E-state index contributed by atoms with van der Waals surface area (Å²) in [6, 6.07) is 12.4. The molecule has 3 aromatic rings. The first-order valence-electron chi connectivity index (χ1n) is 8.59. The number of benzene rings is 2. The maximum atomic E-state index is 12.5. The van der Waals surface area contributed by atoms with Crippen molar-refractivity contribution in [1.29, 1.82) is 0 Å². The number of rotatable bonds is 5. The van der Waals surface area contributed by atoms with E-state index in [4.69, 9.17) is 4.74 Å². The third kappa shape index (κ3) is 3.44. The SMILES string of the molecule is CCOc1ccc(NC(=O)c2ccc3c(c2)nc(C)c(=O)n3CC)cc1. The topological polar surface area (TPSA) is 73.2 Å². The number of hydrogen-bond donors (Lipinski definition) is 1. The molecule has 0 spiro atoms. The van der Waals surface area contributed by atoms with Crippen LogP contribution in [0.2, 0.25) is 0 Å². The Morgan fingerprint density at radius 1 is 1.15 bits per heavy atom. The molecule has 6 heteroatoms. The van der Waals surface area contributed by atoms with Crippen molar-refractivity contribution in [2.75, 3.05) is 11.9 Å². The number of carbonyl (C=O) groups excluding carboxylic acids is 1. The first kappa shape index (κ1) is 17.7. The fraction of sp³-hybridized carbons (Fsp3) is 0.250. The van der Waals surface area contributed by atoms with Crippen molar-refractivity contribution >= 4 is 22.6 Å². The summed E-state index contributed by atoms with van der Waals surface area (Å²) in [4.78, 5) is 29.0. The van der Waals surface area contributed by atoms with Gasteiger partial charge in [0, 0.05) is 17.8 Å². The Balaban J connectivity index is 1.89. The van der Waals surface area contributed by atoms with Crippen molar-refractivity contribution in [3.63, 3.8) is 0 Å². The maximum absolute atomic E-state index is 12.5. The Bertz CT molecular complexity index is 1010. The van der Waals surface area contributed by atoms with E-state index in [2.05, 4.69) is 10.3 Å². The molecule has 134 valence electrons. The Morgan fingerprint density at radius 2 is 1.88 bits per heavy atom. The summed E-state index contributed by atoms with van der Waals surface area (Å²) in [7, 11) is 0. The summed E-state index contributed by atoms with van der Waals surface area (Å²) in [6.07, 6.45) is 0. The van der Waals surface area contributed by atoms with E-state index < -0.39 is 0 Å². The molecule has 0 fully saturated rings. The van der Waals surface area contributed by atoms with Crippen molar-refractivity contribution in [1.82, 2.24) is 9.55 Å². The summed E-state index contributed by atoms with van der Waals surface area (Å²) in [5, 5.41) is 2.86. The van der Waals surface area contributed by atoms with Crippen LogP contribution in [-0.4, -0.2) is 22.1 Å². The summed E-state index contributed by atoms with van der Waals surface area (Å²) in [5.41, 5.74) is 2.83. The average Bonchev–Trinajstić information content (AvgIpc) is 2.64. The zero-order valence-corrected chi connectivity index (χ0v) is 15.1. The first-order valence-corrected chi connectivity index (χ1v) is 8.59. The fourth-order valence-electron chi connectivity index (χ4n) is 2.83. The molecule has 1 aromatic heterocycles. The molecule has 0 aliphatic heterocycles. The van der Waals surface area contributed by atoms with Crippen molar-refractivity contribution in [2.24, 2.45) is 0 Å². The van der Waals surface area contributed by atoms with Crippen molar-refractivity contribution in [2.45, 2.75) is 27.3 Å². The molecular formula is C20H21N3O3. The number of nitrogens with zero attached hydrogens (tertiary/aromatic N) is 2. The fourth-order valence-corrected chi connectivity index (χ4v) is 2.83. The standard InChI is InChI=1S/C20H21N3O3/c1-4-23-18-11-6-14(12-17(18)21-13(3)20(23)25)19(24)22-15-7-9-16(10-8-15)26-5-2/h6-12H,4-5H2,1-3H3,(H,22,24). The third-order valence-corrected chi connectivity index (χ3v) is 4.11. The minimum atomic E-state index is -0.232. The van der Waals surface area contributed by atoms with E-state index in [0.717, 1.165) is 11.3 Å². The van der Waals surface area contributed by atoms with E-state index >= 15 is 0 Å². The molecule has 0 radical (unpaired) electrons. The molecule has 1 heterocycles. The summed E-state index contributed by atoms with van der Waals surface area (Å²) in [6.45, 7) is 6.66. The lowest BCUT2D eigenvalue weighted by atomic mass is 10.1. The van der Waals surface area contributed by atoms with Crippen LogP contribution in [0.1, 0.15) is 29.9 Å². The van der Waals surface area contributed by atoms with E-state index in [1.165, 1.54) is 0 Å². The smallest absolute Gasteiger partial charge is 0.272 e. The molecule has 2 aromatic carbocycles. The lowest BCUT2D eigenvalue weighted by Crippen LogP contribution is -2.23. The minimum Gasteiger partial charge on any atom is -0.494 e. The second-order valence-electron chi connectivity index (χ2n) is 5.86. The molecule has 0 aliphatic carbocycles. The van der Waals surface area contributed by atoms with Gasteiger partial charge in [0.2, 0.25) is 0 Å². The number of aromatic nitrogens is 2. The monoisotopic (exact) mass is 351 g/mol. The molecule has 3 rings (SSSR count). The number of amides is 1. The number of ether oxygens (including phenoxy) is 1. The predicted octanol–water partition coefficient (Wildman–Crippen LogP) is 3.38. The molecule has 6 nitrogen and oxygen atoms in total. The van der Waals surface area contributed by atoms with Crippen LogP contribution in [-0.2, 0) is 6.54 Å². The van der Waals surface area contributed by atoms with Crippen LogP contribution < -0.4 is 15.6 Å². The lowest BCUT2D eigenvalue weighted by Gasteiger charge is -2.11. The second-order valence-corrected chi connectivity index (χ2v) is 5.86. The van der Waals surface area contributed by atoms with E-state index in [0.29, 0.717) is 35.6 Å². The normalized spacial score (nSPS) is 10.7. The van der Waals surface area contributed by atoms with Gasteiger partial charge in [-0.1, -0.05) is 0 Å². The number of anilines is 1. The minimum absolute atomic E-state index is 0.105. The van der Waals surface area contributed by atoms with E-state index in [1.54, 1.807) is 41.8 Å². The largest absolute Gasteiger partial charge is 0.494 e. The highest BCUT2D eigenvalue weighted by Crippen LogP contribution is 2.18. The van der Waals surface area contributed by atoms with Crippen LogP contribution in [0.3, 0.4) is 0 Å². The predicted molar refractivity (Wildman–Crippen MR) is 102 cm³/mol. The van der Waals surface area contributed by atoms with Crippen molar-refractivity contribution in [3.05, 3.63) is 64.1 Å². The molecule has 0 saturated carbocycles. The molecule has 1 N–H and O–H groups in total. The van der Waals surface area contributed by atoms with Gasteiger partial charge in [0.1, 0.15) is 11.4 Å². The Hall–Kier alpha value is -3.15. The Morgan fingerprint density at radius 3 is 2.54 bits per heavy atom. The van der Waals surface area contributed by atoms with Gasteiger partial charge in [0.05, 0.1) is 17.6 Å². The highest BCUT2D eigenvalue weighted by molar-refractivity contribution is 6.05. The summed E-state index contributed by atoms with van der Waals surface area (Å²) in [5.74, 6) is 0.526. The number of aryl methyl sites for hydroxylation is 2. The van der Waals surface area contributed by atoms with E-state index in [-0.39, 0.29) is 11.5 Å². The van der Waals surface area contributed by atoms with Crippen LogP contribution in [0.4, 0.5) is 5.69 Å². The molecule has 0 aliphatic rings. The van der Waals surface area contributed by atoms with Gasteiger partial charge in [-0.05, 0) is 63.2 Å².